The van der Waals surface area contributed by atoms with Crippen molar-refractivity contribution in [2.45, 2.75) is 37.5 Å². The standard InChI is InChI=1S/C20H23NO4S/c1-15(2)16-8-10-18(11-9-16)25-20(22)17-6-5-7-19(14-17)26(23,24)21-12-3-4-13-21/h5-11,14-15H,3-4,12-13H2,1-2H3. The maximum atomic E-state index is 12.6. The third-order valence-electron chi connectivity index (χ3n) is 4.53. The molecule has 0 saturated carbocycles. The highest BCUT2D eigenvalue weighted by Crippen LogP contribution is 2.23. The number of hydrogen-bond acceptors (Lipinski definition) is 4. The number of nitrogens with zero attached hydrogens (tertiary/aromatic N) is 1. The van der Waals surface area contributed by atoms with Gasteiger partial charge < -0.3 is 4.74 Å². The summed E-state index contributed by atoms with van der Waals surface area (Å²) in [6.07, 6.45) is 1.74. The fourth-order valence-electron chi connectivity index (χ4n) is 2.95. The Morgan fingerprint density at radius 2 is 1.69 bits per heavy atom. The summed E-state index contributed by atoms with van der Waals surface area (Å²) in [5.41, 5.74) is 1.38. The molecule has 0 N–H and O–H groups in total. The molecule has 0 radical (unpaired) electrons. The van der Waals surface area contributed by atoms with Crippen LogP contribution in [0.3, 0.4) is 0 Å². The highest BCUT2D eigenvalue weighted by atomic mass is 32.2. The van der Waals surface area contributed by atoms with Gasteiger partial charge in [0.05, 0.1) is 10.5 Å². The topological polar surface area (TPSA) is 63.7 Å². The number of benzene rings is 2. The van der Waals surface area contributed by atoms with Gasteiger partial charge in [0.1, 0.15) is 5.75 Å². The van der Waals surface area contributed by atoms with Gasteiger partial charge in [-0.05, 0) is 54.7 Å². The third kappa shape index (κ3) is 3.97. The molecule has 1 fully saturated rings. The van der Waals surface area contributed by atoms with Crippen molar-refractivity contribution in [2.24, 2.45) is 0 Å². The Balaban J connectivity index is 1.78. The zero-order chi connectivity index (χ0) is 18.7. The molecule has 1 heterocycles. The van der Waals surface area contributed by atoms with Crippen molar-refractivity contribution < 1.29 is 17.9 Å². The van der Waals surface area contributed by atoms with Crippen LogP contribution >= 0.6 is 0 Å². The highest BCUT2D eigenvalue weighted by molar-refractivity contribution is 7.89. The van der Waals surface area contributed by atoms with Gasteiger partial charge in [-0.3, -0.25) is 0 Å². The van der Waals surface area contributed by atoms with E-state index in [0.717, 1.165) is 18.4 Å². The molecule has 138 valence electrons. The van der Waals surface area contributed by atoms with Gasteiger partial charge in [0, 0.05) is 13.1 Å². The summed E-state index contributed by atoms with van der Waals surface area (Å²) in [5, 5.41) is 0. The molecule has 3 rings (SSSR count). The maximum absolute atomic E-state index is 12.6. The normalized spacial score (nSPS) is 15.3. The molecular weight excluding hydrogens is 350 g/mol. The van der Waals surface area contributed by atoms with E-state index in [4.69, 9.17) is 4.74 Å². The minimum absolute atomic E-state index is 0.129. The minimum Gasteiger partial charge on any atom is -0.423 e. The molecule has 0 aliphatic carbocycles. The van der Waals surface area contributed by atoms with Crippen LogP contribution in [0.25, 0.3) is 0 Å². The quantitative estimate of drug-likeness (QED) is 0.590. The van der Waals surface area contributed by atoms with Gasteiger partial charge in [0.2, 0.25) is 10.0 Å². The minimum atomic E-state index is -3.56. The molecule has 0 bridgehead atoms. The van der Waals surface area contributed by atoms with Crippen LogP contribution in [0.2, 0.25) is 0 Å². The Morgan fingerprint density at radius 3 is 2.31 bits per heavy atom. The van der Waals surface area contributed by atoms with Crippen LogP contribution < -0.4 is 4.74 Å². The first-order valence-electron chi connectivity index (χ1n) is 8.80. The van der Waals surface area contributed by atoms with E-state index in [9.17, 15) is 13.2 Å². The molecule has 26 heavy (non-hydrogen) atoms. The molecule has 0 unspecified atom stereocenters. The van der Waals surface area contributed by atoms with Crippen LogP contribution in [0.15, 0.2) is 53.4 Å². The highest BCUT2D eigenvalue weighted by Gasteiger charge is 2.27. The lowest BCUT2D eigenvalue weighted by Gasteiger charge is -2.15. The van der Waals surface area contributed by atoms with Gasteiger partial charge >= 0.3 is 5.97 Å². The van der Waals surface area contributed by atoms with Gasteiger partial charge in [0.15, 0.2) is 0 Å². The van der Waals surface area contributed by atoms with E-state index in [1.54, 1.807) is 24.3 Å². The summed E-state index contributed by atoms with van der Waals surface area (Å²) in [4.78, 5) is 12.5. The molecule has 2 aromatic carbocycles. The van der Waals surface area contributed by atoms with Crippen LogP contribution in [0.4, 0.5) is 0 Å². The lowest BCUT2D eigenvalue weighted by Crippen LogP contribution is -2.28. The van der Waals surface area contributed by atoms with E-state index in [2.05, 4.69) is 13.8 Å². The molecule has 1 aliphatic rings. The number of rotatable bonds is 5. The zero-order valence-corrected chi connectivity index (χ0v) is 15.8. The summed E-state index contributed by atoms with van der Waals surface area (Å²) in [7, 11) is -3.56. The Bertz CT molecular complexity index is 882. The van der Waals surface area contributed by atoms with Crippen molar-refractivity contribution >= 4 is 16.0 Å². The van der Waals surface area contributed by atoms with Crippen LogP contribution in [0.1, 0.15) is 48.5 Å². The fourth-order valence-corrected chi connectivity index (χ4v) is 4.51. The van der Waals surface area contributed by atoms with Crippen molar-refractivity contribution in [3.05, 3.63) is 59.7 Å². The van der Waals surface area contributed by atoms with Crippen molar-refractivity contribution in [1.82, 2.24) is 4.31 Å². The van der Waals surface area contributed by atoms with Crippen LogP contribution in [0, 0.1) is 0 Å². The van der Waals surface area contributed by atoms with Crippen molar-refractivity contribution in [3.8, 4) is 5.75 Å². The Hall–Kier alpha value is -2.18. The Kier molecular flexibility index (Phi) is 5.44. The van der Waals surface area contributed by atoms with Gasteiger partial charge in [0.25, 0.3) is 0 Å². The summed E-state index contributed by atoms with van der Waals surface area (Å²) in [6, 6.07) is 13.4. The van der Waals surface area contributed by atoms with E-state index < -0.39 is 16.0 Å². The predicted octanol–water partition coefficient (Wildman–Crippen LogP) is 3.81. The first-order chi connectivity index (χ1) is 12.4. The van der Waals surface area contributed by atoms with Crippen LogP contribution in [0.5, 0.6) is 5.75 Å². The number of esters is 1. The fraction of sp³-hybridized carbons (Fsp3) is 0.350. The zero-order valence-electron chi connectivity index (χ0n) is 15.0. The number of sulfonamides is 1. The average molecular weight is 373 g/mol. The molecule has 5 nitrogen and oxygen atoms in total. The van der Waals surface area contributed by atoms with Crippen molar-refractivity contribution in [3.63, 3.8) is 0 Å². The Morgan fingerprint density at radius 1 is 1.04 bits per heavy atom. The van der Waals surface area contributed by atoms with Gasteiger partial charge in [-0.1, -0.05) is 32.0 Å². The number of ether oxygens (including phenoxy) is 1. The molecule has 0 spiro atoms. The van der Waals surface area contributed by atoms with Gasteiger partial charge in [-0.15, -0.1) is 0 Å². The number of hydrogen-bond donors (Lipinski definition) is 0. The van der Waals surface area contributed by atoms with E-state index in [-0.39, 0.29) is 10.5 Å². The molecule has 0 aromatic heterocycles. The van der Waals surface area contributed by atoms with E-state index >= 15 is 0 Å². The second kappa shape index (κ2) is 7.60. The largest absolute Gasteiger partial charge is 0.423 e. The SMILES string of the molecule is CC(C)c1ccc(OC(=O)c2cccc(S(=O)(=O)N3CCCC3)c2)cc1. The Labute approximate surface area is 154 Å². The van der Waals surface area contributed by atoms with Crippen molar-refractivity contribution in [2.75, 3.05) is 13.1 Å². The summed E-state index contributed by atoms with van der Waals surface area (Å²) in [5.74, 6) is 0.264. The molecular formula is C20H23NO4S. The van der Waals surface area contributed by atoms with Crippen LogP contribution in [-0.2, 0) is 10.0 Å². The smallest absolute Gasteiger partial charge is 0.343 e. The second-order valence-corrected chi connectivity index (χ2v) is 8.69. The summed E-state index contributed by atoms with van der Waals surface area (Å²) < 4.78 is 32.1. The molecule has 1 aliphatic heterocycles. The lowest BCUT2D eigenvalue weighted by molar-refractivity contribution is 0.0734. The average Bonchev–Trinajstić information content (AvgIpc) is 3.18. The number of carbonyl (C=O) groups is 1. The van der Waals surface area contributed by atoms with Gasteiger partial charge in [-0.2, -0.15) is 4.31 Å². The summed E-state index contributed by atoms with van der Waals surface area (Å²) in [6.45, 7) is 5.24. The van der Waals surface area contributed by atoms with E-state index in [0.29, 0.717) is 24.8 Å². The summed E-state index contributed by atoms with van der Waals surface area (Å²) >= 11 is 0. The molecule has 0 amide bonds. The molecule has 0 atom stereocenters. The molecule has 1 saturated heterocycles. The second-order valence-electron chi connectivity index (χ2n) is 6.75. The monoisotopic (exact) mass is 373 g/mol. The van der Waals surface area contributed by atoms with Crippen molar-refractivity contribution in [1.29, 1.82) is 0 Å². The molecule has 2 aromatic rings. The first kappa shape index (κ1) is 18.6. The molecule has 6 heteroatoms. The maximum Gasteiger partial charge on any atom is 0.343 e. The number of carbonyl (C=O) groups excluding carboxylic acids is 1. The third-order valence-corrected chi connectivity index (χ3v) is 6.42. The first-order valence-corrected chi connectivity index (χ1v) is 10.2. The van der Waals surface area contributed by atoms with E-state index in [1.807, 2.05) is 12.1 Å². The van der Waals surface area contributed by atoms with Crippen LogP contribution in [-0.4, -0.2) is 31.8 Å². The van der Waals surface area contributed by atoms with Gasteiger partial charge in [-0.25, -0.2) is 13.2 Å². The lowest BCUT2D eigenvalue weighted by atomic mass is 10.0. The van der Waals surface area contributed by atoms with E-state index in [1.165, 1.54) is 16.4 Å². The predicted molar refractivity (Wildman–Crippen MR) is 99.9 cm³/mol.